The van der Waals surface area contributed by atoms with Crippen molar-refractivity contribution in [2.75, 3.05) is 18.5 Å². The standard InChI is InChI=1S/C16H22N4O3/c1-12-6-2-3-7-13(12)23-11-9-17-15-16(20(21)22)19-10-5-4-8-14(19)18-15/h4-5,8,10,12-13,17H,2-3,6-7,9,11H2,1H3/t12-,13+/m0/s1. The van der Waals surface area contributed by atoms with Crippen LogP contribution in [0.4, 0.5) is 11.6 Å². The lowest BCUT2D eigenvalue weighted by atomic mass is 9.88. The van der Waals surface area contributed by atoms with Gasteiger partial charge in [-0.25, -0.2) is 0 Å². The first-order valence-corrected chi connectivity index (χ1v) is 8.14. The number of nitro groups is 1. The van der Waals surface area contributed by atoms with E-state index >= 15 is 0 Å². The zero-order chi connectivity index (χ0) is 16.2. The molecule has 0 amide bonds. The molecule has 23 heavy (non-hydrogen) atoms. The van der Waals surface area contributed by atoms with Crippen molar-refractivity contribution < 1.29 is 9.66 Å². The van der Waals surface area contributed by atoms with Gasteiger partial charge in [0.25, 0.3) is 0 Å². The fourth-order valence-electron chi connectivity index (χ4n) is 3.19. The number of nitrogens with one attached hydrogen (secondary N) is 1. The van der Waals surface area contributed by atoms with E-state index in [0.29, 0.717) is 36.6 Å². The summed E-state index contributed by atoms with van der Waals surface area (Å²) < 4.78 is 7.40. The molecule has 0 aliphatic heterocycles. The number of rotatable bonds is 6. The highest BCUT2D eigenvalue weighted by Crippen LogP contribution is 2.27. The third kappa shape index (κ3) is 3.44. The Labute approximate surface area is 134 Å². The topological polar surface area (TPSA) is 81.7 Å². The van der Waals surface area contributed by atoms with Crippen molar-refractivity contribution in [2.24, 2.45) is 5.92 Å². The Hall–Kier alpha value is -2.15. The Kier molecular flexibility index (Phi) is 4.76. The van der Waals surface area contributed by atoms with E-state index < -0.39 is 4.92 Å². The molecule has 0 spiro atoms. The van der Waals surface area contributed by atoms with Crippen LogP contribution in [-0.2, 0) is 4.74 Å². The van der Waals surface area contributed by atoms with E-state index in [1.54, 1.807) is 18.3 Å². The fourth-order valence-corrected chi connectivity index (χ4v) is 3.19. The number of anilines is 1. The molecule has 1 saturated carbocycles. The summed E-state index contributed by atoms with van der Waals surface area (Å²) in [6.45, 7) is 3.26. The monoisotopic (exact) mass is 318 g/mol. The third-order valence-corrected chi connectivity index (χ3v) is 4.44. The first-order valence-electron chi connectivity index (χ1n) is 8.14. The molecule has 7 nitrogen and oxygen atoms in total. The van der Waals surface area contributed by atoms with Crippen LogP contribution in [0.2, 0.25) is 0 Å². The quantitative estimate of drug-likeness (QED) is 0.502. The predicted molar refractivity (Wildman–Crippen MR) is 87.7 cm³/mol. The minimum absolute atomic E-state index is 0.0355. The Morgan fingerprint density at radius 2 is 2.26 bits per heavy atom. The second-order valence-electron chi connectivity index (χ2n) is 6.07. The van der Waals surface area contributed by atoms with Crippen molar-refractivity contribution in [2.45, 2.75) is 38.7 Å². The molecule has 1 aliphatic rings. The van der Waals surface area contributed by atoms with Gasteiger partial charge in [0.1, 0.15) is 0 Å². The van der Waals surface area contributed by atoms with E-state index in [1.807, 2.05) is 6.07 Å². The smallest absolute Gasteiger partial charge is 0.372 e. The molecule has 0 radical (unpaired) electrons. The first kappa shape index (κ1) is 15.7. The largest absolute Gasteiger partial charge is 0.376 e. The maximum absolute atomic E-state index is 11.3. The van der Waals surface area contributed by atoms with Gasteiger partial charge in [0.2, 0.25) is 11.5 Å². The van der Waals surface area contributed by atoms with Crippen molar-refractivity contribution >= 4 is 17.3 Å². The van der Waals surface area contributed by atoms with E-state index in [2.05, 4.69) is 17.2 Å². The van der Waals surface area contributed by atoms with Crippen LogP contribution >= 0.6 is 0 Å². The predicted octanol–water partition coefficient (Wildman–Crippen LogP) is 3.25. The molecule has 7 heteroatoms. The van der Waals surface area contributed by atoms with Gasteiger partial charge in [0, 0.05) is 12.6 Å². The molecule has 1 fully saturated rings. The van der Waals surface area contributed by atoms with Gasteiger partial charge >= 0.3 is 5.82 Å². The number of ether oxygens (including phenoxy) is 1. The molecule has 1 N–H and O–H groups in total. The maximum Gasteiger partial charge on any atom is 0.372 e. The Balaban J connectivity index is 1.61. The molecule has 0 bridgehead atoms. The minimum Gasteiger partial charge on any atom is -0.376 e. The fraction of sp³-hybridized carbons (Fsp3) is 0.562. The van der Waals surface area contributed by atoms with E-state index in [0.717, 1.165) is 6.42 Å². The molecule has 0 aromatic carbocycles. The molecule has 2 aromatic heterocycles. The number of imidazole rings is 1. The number of hydrogen-bond acceptors (Lipinski definition) is 5. The van der Waals surface area contributed by atoms with Gasteiger partial charge in [-0.2, -0.15) is 9.38 Å². The number of nitrogens with zero attached hydrogens (tertiary/aromatic N) is 3. The lowest BCUT2D eigenvalue weighted by molar-refractivity contribution is -0.389. The lowest BCUT2D eigenvalue weighted by Gasteiger charge is -2.28. The Morgan fingerprint density at radius 1 is 1.43 bits per heavy atom. The van der Waals surface area contributed by atoms with Crippen LogP contribution < -0.4 is 5.32 Å². The maximum atomic E-state index is 11.3. The minimum atomic E-state index is -0.410. The van der Waals surface area contributed by atoms with E-state index in [4.69, 9.17) is 4.74 Å². The summed E-state index contributed by atoms with van der Waals surface area (Å²) >= 11 is 0. The highest BCUT2D eigenvalue weighted by atomic mass is 16.6. The first-order chi connectivity index (χ1) is 11.2. The molecule has 0 unspecified atom stereocenters. The van der Waals surface area contributed by atoms with Gasteiger partial charge in [0.05, 0.1) is 18.9 Å². The van der Waals surface area contributed by atoms with Crippen LogP contribution in [0, 0.1) is 16.0 Å². The van der Waals surface area contributed by atoms with Crippen LogP contribution in [0.15, 0.2) is 24.4 Å². The van der Waals surface area contributed by atoms with E-state index in [-0.39, 0.29) is 5.82 Å². The summed E-state index contributed by atoms with van der Waals surface area (Å²) in [6, 6.07) is 5.31. The average Bonchev–Trinajstić information content (AvgIpc) is 2.91. The van der Waals surface area contributed by atoms with Crippen LogP contribution in [0.5, 0.6) is 0 Å². The number of pyridine rings is 1. The SMILES string of the molecule is C[C@H]1CCCC[C@H]1OCCNc1nc2ccccn2c1[N+](=O)[O-]. The van der Waals surface area contributed by atoms with Gasteiger partial charge in [-0.3, -0.25) is 0 Å². The molecular weight excluding hydrogens is 296 g/mol. The summed E-state index contributed by atoms with van der Waals surface area (Å²) in [7, 11) is 0. The number of fused-ring (bicyclic) bond motifs is 1. The summed E-state index contributed by atoms with van der Waals surface area (Å²) in [5.41, 5.74) is 0.559. The average molecular weight is 318 g/mol. The molecule has 2 aromatic rings. The molecule has 1 aliphatic carbocycles. The Morgan fingerprint density at radius 3 is 3.04 bits per heavy atom. The summed E-state index contributed by atoms with van der Waals surface area (Å²) in [6.07, 6.45) is 6.78. The van der Waals surface area contributed by atoms with Crippen LogP contribution in [0.25, 0.3) is 5.65 Å². The van der Waals surface area contributed by atoms with Crippen molar-refractivity contribution in [3.05, 3.63) is 34.5 Å². The third-order valence-electron chi connectivity index (χ3n) is 4.44. The van der Waals surface area contributed by atoms with Crippen molar-refractivity contribution in [3.8, 4) is 0 Å². The van der Waals surface area contributed by atoms with Gasteiger partial charge < -0.3 is 20.2 Å². The molecule has 3 rings (SSSR count). The highest BCUT2D eigenvalue weighted by Gasteiger charge is 2.23. The zero-order valence-electron chi connectivity index (χ0n) is 13.3. The normalized spacial score (nSPS) is 21.4. The van der Waals surface area contributed by atoms with Crippen LogP contribution in [-0.4, -0.2) is 33.6 Å². The Bertz CT molecular complexity index is 685. The second-order valence-corrected chi connectivity index (χ2v) is 6.07. The summed E-state index contributed by atoms with van der Waals surface area (Å²) in [5.74, 6) is 0.849. The van der Waals surface area contributed by atoms with E-state index in [1.165, 1.54) is 23.7 Å². The van der Waals surface area contributed by atoms with Crippen molar-refractivity contribution in [3.63, 3.8) is 0 Å². The van der Waals surface area contributed by atoms with Crippen LogP contribution in [0.3, 0.4) is 0 Å². The molecule has 124 valence electrons. The molecule has 2 heterocycles. The number of aromatic nitrogens is 2. The van der Waals surface area contributed by atoms with Crippen molar-refractivity contribution in [1.82, 2.24) is 9.38 Å². The van der Waals surface area contributed by atoms with Gasteiger partial charge in [-0.15, -0.1) is 0 Å². The highest BCUT2D eigenvalue weighted by molar-refractivity contribution is 5.62. The summed E-state index contributed by atoms with van der Waals surface area (Å²) in [5, 5.41) is 14.3. The second kappa shape index (κ2) is 6.95. The van der Waals surface area contributed by atoms with E-state index in [9.17, 15) is 10.1 Å². The van der Waals surface area contributed by atoms with Gasteiger partial charge in [0.15, 0.2) is 0 Å². The molecule has 0 saturated heterocycles. The summed E-state index contributed by atoms with van der Waals surface area (Å²) in [4.78, 5) is 15.2. The van der Waals surface area contributed by atoms with Crippen LogP contribution in [0.1, 0.15) is 32.6 Å². The van der Waals surface area contributed by atoms with Gasteiger partial charge in [-0.1, -0.05) is 25.8 Å². The van der Waals surface area contributed by atoms with Crippen molar-refractivity contribution in [1.29, 1.82) is 0 Å². The van der Waals surface area contributed by atoms with Gasteiger partial charge in [-0.05, 0) is 29.7 Å². The molecular formula is C16H22N4O3. The lowest BCUT2D eigenvalue weighted by Crippen LogP contribution is -2.27. The molecule has 2 atom stereocenters. The zero-order valence-corrected chi connectivity index (χ0v) is 13.3. The number of hydrogen-bond donors (Lipinski definition) is 1.